The number of aromatic nitrogens is 2. The molecule has 0 amide bonds. The van der Waals surface area contributed by atoms with E-state index >= 15 is 0 Å². The van der Waals surface area contributed by atoms with Gasteiger partial charge in [0.1, 0.15) is 0 Å². The zero-order valence-corrected chi connectivity index (χ0v) is 14.5. The van der Waals surface area contributed by atoms with E-state index in [-0.39, 0.29) is 5.78 Å². The van der Waals surface area contributed by atoms with Crippen molar-refractivity contribution < 1.29 is 14.3 Å². The van der Waals surface area contributed by atoms with Crippen LogP contribution in [-0.2, 0) is 0 Å². The van der Waals surface area contributed by atoms with Crippen LogP contribution < -0.4 is 14.4 Å². The predicted molar refractivity (Wildman–Crippen MR) is 94.6 cm³/mol. The Kier molecular flexibility index (Phi) is 5.45. The van der Waals surface area contributed by atoms with Gasteiger partial charge >= 0.3 is 0 Å². The third kappa shape index (κ3) is 4.06. The van der Waals surface area contributed by atoms with Crippen LogP contribution in [0.3, 0.4) is 0 Å². The topological polar surface area (TPSA) is 67.8 Å². The van der Waals surface area contributed by atoms with Crippen LogP contribution in [0.5, 0.6) is 11.5 Å². The van der Waals surface area contributed by atoms with Crippen LogP contribution in [0, 0.1) is 0 Å². The highest BCUT2D eigenvalue weighted by Crippen LogP contribution is 2.27. The van der Waals surface area contributed by atoms with Gasteiger partial charge in [0.15, 0.2) is 17.3 Å². The zero-order chi connectivity index (χ0) is 17.6. The van der Waals surface area contributed by atoms with Crippen molar-refractivity contribution in [2.24, 2.45) is 0 Å². The van der Waals surface area contributed by atoms with E-state index in [1.54, 1.807) is 44.8 Å². The molecule has 0 bridgehead atoms. The summed E-state index contributed by atoms with van der Waals surface area (Å²) in [5.74, 6) is 2.01. The first-order valence-electron chi connectivity index (χ1n) is 8.21. The second-order valence-corrected chi connectivity index (χ2v) is 5.80. The number of carbonyl (C=O) groups excluding carboxylic acids is 1. The Morgan fingerprint density at radius 1 is 1.04 bits per heavy atom. The number of anilines is 1. The van der Waals surface area contributed by atoms with Gasteiger partial charge in [-0.1, -0.05) is 0 Å². The number of hydrogen-bond acceptors (Lipinski definition) is 7. The van der Waals surface area contributed by atoms with E-state index < -0.39 is 0 Å². The third-order valence-corrected chi connectivity index (χ3v) is 4.28. The number of Topliss-reactive ketones (excluding diaryl/α,β-unsaturated/α-hetero) is 1. The summed E-state index contributed by atoms with van der Waals surface area (Å²) < 4.78 is 10.5. The van der Waals surface area contributed by atoms with E-state index in [4.69, 9.17) is 9.47 Å². The quantitative estimate of drug-likeness (QED) is 0.737. The van der Waals surface area contributed by atoms with Crippen LogP contribution >= 0.6 is 0 Å². The molecule has 1 fully saturated rings. The minimum atomic E-state index is 0.0744. The summed E-state index contributed by atoms with van der Waals surface area (Å²) in [5.41, 5.74) is 0.631. The highest BCUT2D eigenvalue weighted by atomic mass is 16.5. The van der Waals surface area contributed by atoms with E-state index in [1.807, 2.05) is 6.07 Å². The van der Waals surface area contributed by atoms with E-state index in [0.29, 0.717) is 23.6 Å². The molecule has 7 heteroatoms. The zero-order valence-electron chi connectivity index (χ0n) is 14.5. The molecule has 1 aliphatic rings. The van der Waals surface area contributed by atoms with E-state index in [9.17, 15) is 4.79 Å². The molecule has 0 N–H and O–H groups in total. The van der Waals surface area contributed by atoms with Crippen LogP contribution in [0.15, 0.2) is 36.7 Å². The summed E-state index contributed by atoms with van der Waals surface area (Å²) in [5, 5.41) is 0. The SMILES string of the molecule is COc1ccc(C(=O)CN2CCN(c3ncccn3)CC2)cc1OC. The van der Waals surface area contributed by atoms with Crippen molar-refractivity contribution in [3.8, 4) is 11.5 Å². The van der Waals surface area contributed by atoms with Crippen LogP contribution in [0.25, 0.3) is 0 Å². The molecule has 0 aliphatic carbocycles. The van der Waals surface area contributed by atoms with Gasteiger partial charge in [-0.15, -0.1) is 0 Å². The van der Waals surface area contributed by atoms with E-state index in [1.165, 1.54) is 0 Å². The Labute approximate surface area is 147 Å². The normalized spacial score (nSPS) is 15.0. The second kappa shape index (κ2) is 7.94. The molecule has 1 saturated heterocycles. The molecule has 25 heavy (non-hydrogen) atoms. The first-order valence-corrected chi connectivity index (χ1v) is 8.21. The number of piperazine rings is 1. The van der Waals surface area contributed by atoms with Gasteiger partial charge in [0.25, 0.3) is 0 Å². The Morgan fingerprint density at radius 2 is 1.72 bits per heavy atom. The van der Waals surface area contributed by atoms with Gasteiger partial charge in [-0.05, 0) is 24.3 Å². The maximum atomic E-state index is 12.6. The van der Waals surface area contributed by atoms with Crippen molar-refractivity contribution in [2.45, 2.75) is 0 Å². The first-order chi connectivity index (χ1) is 12.2. The molecule has 0 spiro atoms. The largest absolute Gasteiger partial charge is 0.493 e. The van der Waals surface area contributed by atoms with Gasteiger partial charge in [0.2, 0.25) is 5.95 Å². The smallest absolute Gasteiger partial charge is 0.225 e. The van der Waals surface area contributed by atoms with Crippen molar-refractivity contribution >= 4 is 11.7 Å². The number of ether oxygens (including phenoxy) is 2. The molecular weight excluding hydrogens is 320 g/mol. The number of carbonyl (C=O) groups is 1. The van der Waals surface area contributed by atoms with Crippen molar-refractivity contribution in [2.75, 3.05) is 51.8 Å². The van der Waals surface area contributed by atoms with Crippen molar-refractivity contribution in [1.29, 1.82) is 0 Å². The minimum absolute atomic E-state index is 0.0744. The molecule has 1 aromatic carbocycles. The van der Waals surface area contributed by atoms with Gasteiger partial charge < -0.3 is 14.4 Å². The molecule has 3 rings (SSSR count). The second-order valence-electron chi connectivity index (χ2n) is 5.80. The summed E-state index contributed by atoms with van der Waals surface area (Å²) >= 11 is 0. The van der Waals surface area contributed by atoms with Crippen molar-refractivity contribution in [3.05, 3.63) is 42.2 Å². The standard InChI is InChI=1S/C18H22N4O3/c1-24-16-5-4-14(12-17(16)25-2)15(23)13-21-8-10-22(11-9-21)18-19-6-3-7-20-18/h3-7,12H,8-11,13H2,1-2H3. The van der Waals surface area contributed by atoms with Gasteiger partial charge in [0, 0.05) is 44.1 Å². The number of nitrogens with zero attached hydrogens (tertiary/aromatic N) is 4. The lowest BCUT2D eigenvalue weighted by molar-refractivity contribution is 0.0926. The lowest BCUT2D eigenvalue weighted by atomic mass is 10.1. The summed E-state index contributed by atoms with van der Waals surface area (Å²) in [6.45, 7) is 3.61. The number of rotatable bonds is 6. The van der Waals surface area contributed by atoms with Crippen molar-refractivity contribution in [1.82, 2.24) is 14.9 Å². The lowest BCUT2D eigenvalue weighted by Gasteiger charge is -2.34. The Bertz CT molecular complexity index is 716. The fraction of sp³-hybridized carbons (Fsp3) is 0.389. The van der Waals surface area contributed by atoms with Gasteiger partial charge in [-0.25, -0.2) is 9.97 Å². The predicted octanol–water partition coefficient (Wildman–Crippen LogP) is 1.50. The molecule has 1 aliphatic heterocycles. The first kappa shape index (κ1) is 17.2. The Hall–Kier alpha value is -2.67. The molecule has 7 nitrogen and oxygen atoms in total. The fourth-order valence-corrected chi connectivity index (χ4v) is 2.86. The molecule has 2 heterocycles. The molecule has 0 radical (unpaired) electrons. The summed E-state index contributed by atoms with van der Waals surface area (Å²) in [6, 6.07) is 7.07. The Balaban J connectivity index is 1.58. The monoisotopic (exact) mass is 342 g/mol. The highest BCUT2D eigenvalue weighted by Gasteiger charge is 2.21. The van der Waals surface area contributed by atoms with Crippen molar-refractivity contribution in [3.63, 3.8) is 0 Å². The van der Waals surface area contributed by atoms with Gasteiger partial charge in [-0.2, -0.15) is 0 Å². The number of ketones is 1. The highest BCUT2D eigenvalue weighted by molar-refractivity contribution is 5.98. The van der Waals surface area contributed by atoms with Gasteiger partial charge in [-0.3, -0.25) is 9.69 Å². The summed E-state index contributed by atoms with van der Waals surface area (Å²) in [6.07, 6.45) is 3.49. The van der Waals surface area contributed by atoms with Crippen LogP contribution in [0.4, 0.5) is 5.95 Å². The molecular formula is C18H22N4O3. The van der Waals surface area contributed by atoms with Crippen LogP contribution in [-0.4, -0.2) is 67.6 Å². The lowest BCUT2D eigenvalue weighted by Crippen LogP contribution is -2.48. The number of benzene rings is 1. The minimum Gasteiger partial charge on any atom is -0.493 e. The van der Waals surface area contributed by atoms with Crippen LogP contribution in [0.1, 0.15) is 10.4 Å². The molecule has 1 aromatic heterocycles. The maximum absolute atomic E-state index is 12.6. The molecule has 0 atom stereocenters. The average Bonchev–Trinajstić information content (AvgIpc) is 2.68. The molecule has 0 unspecified atom stereocenters. The molecule has 2 aromatic rings. The number of methoxy groups -OCH3 is 2. The fourth-order valence-electron chi connectivity index (χ4n) is 2.86. The summed E-state index contributed by atoms with van der Waals surface area (Å²) in [4.78, 5) is 25.4. The van der Waals surface area contributed by atoms with Gasteiger partial charge in [0.05, 0.1) is 20.8 Å². The van der Waals surface area contributed by atoms with Crippen LogP contribution in [0.2, 0.25) is 0 Å². The maximum Gasteiger partial charge on any atom is 0.225 e. The van der Waals surface area contributed by atoms with E-state index in [0.717, 1.165) is 32.1 Å². The van der Waals surface area contributed by atoms with E-state index in [2.05, 4.69) is 19.8 Å². The third-order valence-electron chi connectivity index (χ3n) is 4.28. The Morgan fingerprint density at radius 3 is 2.36 bits per heavy atom. The summed E-state index contributed by atoms with van der Waals surface area (Å²) in [7, 11) is 3.15. The molecule has 132 valence electrons. The number of hydrogen-bond donors (Lipinski definition) is 0. The molecule has 0 saturated carbocycles. The average molecular weight is 342 g/mol.